The highest BCUT2D eigenvalue weighted by Crippen LogP contribution is 2.37. The summed E-state index contributed by atoms with van der Waals surface area (Å²) in [6.45, 7) is 1.51. The van der Waals surface area contributed by atoms with Crippen LogP contribution in [0.3, 0.4) is 0 Å². The summed E-state index contributed by atoms with van der Waals surface area (Å²) in [5, 5.41) is 3.19. The van der Waals surface area contributed by atoms with E-state index in [1.807, 2.05) is 18.2 Å². The van der Waals surface area contributed by atoms with E-state index in [1.54, 1.807) is 38.5 Å². The van der Waals surface area contributed by atoms with Crippen LogP contribution in [0.25, 0.3) is 0 Å². The Kier molecular flexibility index (Phi) is 6.34. The molecule has 148 valence electrons. The monoisotopic (exact) mass is 381 g/mol. The third kappa shape index (κ3) is 4.35. The van der Waals surface area contributed by atoms with Crippen LogP contribution >= 0.6 is 0 Å². The second kappa shape index (κ2) is 8.91. The zero-order valence-corrected chi connectivity index (χ0v) is 16.7. The molecule has 1 aliphatic rings. The predicted molar refractivity (Wildman–Crippen MR) is 108 cm³/mol. The van der Waals surface area contributed by atoms with Crippen LogP contribution in [0.15, 0.2) is 42.5 Å². The molecule has 1 amide bonds. The molecule has 1 fully saturated rings. The Bertz CT molecular complexity index is 861. The number of amides is 1. The topological polar surface area (TPSA) is 64.6 Å². The molecule has 5 nitrogen and oxygen atoms in total. The molecule has 0 spiro atoms. The van der Waals surface area contributed by atoms with Crippen LogP contribution in [0.2, 0.25) is 0 Å². The molecular formula is C23H27NO4. The molecule has 0 saturated heterocycles. The number of hydrogen-bond donors (Lipinski definition) is 1. The van der Waals surface area contributed by atoms with Gasteiger partial charge >= 0.3 is 0 Å². The largest absolute Gasteiger partial charge is 0.493 e. The Labute approximate surface area is 166 Å². The average Bonchev–Trinajstić information content (AvgIpc) is 2.73. The zero-order chi connectivity index (χ0) is 20.1. The van der Waals surface area contributed by atoms with E-state index < -0.39 is 0 Å². The normalized spacial score (nSPS) is 19.0. The van der Waals surface area contributed by atoms with Crippen molar-refractivity contribution in [2.75, 3.05) is 14.2 Å². The predicted octanol–water partition coefficient (Wildman–Crippen LogP) is 4.36. The molecule has 0 aromatic heterocycles. The minimum absolute atomic E-state index is 0.0420. The number of methoxy groups -OCH3 is 2. The van der Waals surface area contributed by atoms with E-state index in [1.165, 1.54) is 6.92 Å². The fraction of sp³-hybridized carbons (Fsp3) is 0.391. The number of carbonyl (C=O) groups is 2. The van der Waals surface area contributed by atoms with Crippen LogP contribution in [0.5, 0.6) is 11.5 Å². The van der Waals surface area contributed by atoms with Crippen molar-refractivity contribution in [3.05, 3.63) is 59.2 Å². The summed E-state index contributed by atoms with van der Waals surface area (Å²) in [6.07, 6.45) is 4.15. The first kappa shape index (κ1) is 19.9. The van der Waals surface area contributed by atoms with Crippen molar-refractivity contribution in [1.29, 1.82) is 0 Å². The van der Waals surface area contributed by atoms with E-state index in [0.29, 0.717) is 22.6 Å². The molecule has 0 bridgehead atoms. The van der Waals surface area contributed by atoms with Crippen LogP contribution in [-0.4, -0.2) is 32.0 Å². The molecule has 2 aromatic carbocycles. The van der Waals surface area contributed by atoms with Gasteiger partial charge < -0.3 is 14.8 Å². The van der Waals surface area contributed by atoms with Crippen molar-refractivity contribution in [3.8, 4) is 11.5 Å². The van der Waals surface area contributed by atoms with Gasteiger partial charge in [0.1, 0.15) is 0 Å². The number of carbonyl (C=O) groups excluding carboxylic acids is 2. The zero-order valence-electron chi connectivity index (χ0n) is 16.7. The second-order valence-corrected chi connectivity index (χ2v) is 7.22. The maximum Gasteiger partial charge on any atom is 0.251 e. The van der Waals surface area contributed by atoms with Gasteiger partial charge in [0, 0.05) is 23.1 Å². The minimum Gasteiger partial charge on any atom is -0.493 e. The second-order valence-electron chi connectivity index (χ2n) is 7.22. The summed E-state index contributed by atoms with van der Waals surface area (Å²) in [5.41, 5.74) is 2.21. The summed E-state index contributed by atoms with van der Waals surface area (Å²) >= 11 is 0. The first-order valence-electron chi connectivity index (χ1n) is 9.67. The van der Waals surface area contributed by atoms with E-state index in [4.69, 9.17) is 9.47 Å². The van der Waals surface area contributed by atoms with Crippen molar-refractivity contribution >= 4 is 11.7 Å². The van der Waals surface area contributed by atoms with E-state index in [-0.39, 0.29) is 23.7 Å². The number of nitrogens with one attached hydrogen (secondary N) is 1. The lowest BCUT2D eigenvalue weighted by molar-refractivity contribution is 0.0920. The fourth-order valence-electron chi connectivity index (χ4n) is 3.92. The lowest BCUT2D eigenvalue weighted by Gasteiger charge is -2.33. The molecule has 1 N–H and O–H groups in total. The molecule has 2 aromatic rings. The van der Waals surface area contributed by atoms with Crippen molar-refractivity contribution in [2.24, 2.45) is 0 Å². The van der Waals surface area contributed by atoms with Crippen LogP contribution in [-0.2, 0) is 0 Å². The third-order valence-corrected chi connectivity index (χ3v) is 5.45. The quantitative estimate of drug-likeness (QED) is 0.755. The highest BCUT2D eigenvalue weighted by Gasteiger charge is 2.29. The minimum atomic E-state index is -0.138. The van der Waals surface area contributed by atoms with Gasteiger partial charge in [-0.1, -0.05) is 31.0 Å². The number of benzene rings is 2. The van der Waals surface area contributed by atoms with Crippen molar-refractivity contribution in [3.63, 3.8) is 0 Å². The molecule has 28 heavy (non-hydrogen) atoms. The van der Waals surface area contributed by atoms with Gasteiger partial charge in [0.05, 0.1) is 14.2 Å². The number of ether oxygens (including phenoxy) is 2. The molecule has 5 heteroatoms. The number of hydrogen-bond acceptors (Lipinski definition) is 4. The Morgan fingerprint density at radius 2 is 1.64 bits per heavy atom. The van der Waals surface area contributed by atoms with E-state index >= 15 is 0 Å². The highest BCUT2D eigenvalue weighted by molar-refractivity contribution is 5.99. The van der Waals surface area contributed by atoms with Crippen molar-refractivity contribution in [2.45, 2.75) is 44.6 Å². The van der Waals surface area contributed by atoms with Crippen molar-refractivity contribution < 1.29 is 19.1 Å². The van der Waals surface area contributed by atoms with Crippen LogP contribution in [0, 0.1) is 0 Å². The molecule has 0 radical (unpaired) electrons. The van der Waals surface area contributed by atoms with Gasteiger partial charge in [-0.05, 0) is 49.6 Å². The third-order valence-electron chi connectivity index (χ3n) is 5.45. The van der Waals surface area contributed by atoms with Gasteiger partial charge in [0.2, 0.25) is 0 Å². The number of ketones is 1. The maximum absolute atomic E-state index is 12.8. The van der Waals surface area contributed by atoms with Gasteiger partial charge in [-0.15, -0.1) is 0 Å². The lowest BCUT2D eigenvalue weighted by Crippen LogP contribution is -2.41. The van der Waals surface area contributed by atoms with Crippen LogP contribution < -0.4 is 14.8 Å². The maximum atomic E-state index is 12.8. The fourth-order valence-corrected chi connectivity index (χ4v) is 3.92. The van der Waals surface area contributed by atoms with Crippen LogP contribution in [0.1, 0.15) is 64.8 Å². The Morgan fingerprint density at radius 1 is 0.929 bits per heavy atom. The first-order valence-corrected chi connectivity index (χ1v) is 9.67. The molecule has 2 atom stereocenters. The molecular weight excluding hydrogens is 354 g/mol. The summed E-state index contributed by atoms with van der Waals surface area (Å²) in [4.78, 5) is 24.4. The Balaban J connectivity index is 1.81. The molecule has 0 heterocycles. The number of Topliss-reactive ketones (excluding diaryl/α,β-unsaturated/α-hetero) is 1. The standard InChI is InChI=1S/C23H27NO4/c1-15(25)16-7-6-8-18(13-16)23(26)24-20-10-5-4-9-19(20)17-11-12-21(27-2)22(14-17)28-3/h6-8,11-14,19-20H,4-5,9-10H2,1-3H3,(H,24,26)/t19-,20-/m1/s1. The number of rotatable bonds is 6. The van der Waals surface area contributed by atoms with Gasteiger partial charge in [-0.25, -0.2) is 0 Å². The average molecular weight is 381 g/mol. The van der Waals surface area contributed by atoms with Gasteiger partial charge in [0.25, 0.3) is 5.91 Å². The summed E-state index contributed by atoms with van der Waals surface area (Å²) in [7, 11) is 3.25. The van der Waals surface area contributed by atoms with E-state index in [9.17, 15) is 9.59 Å². The molecule has 1 saturated carbocycles. The smallest absolute Gasteiger partial charge is 0.251 e. The highest BCUT2D eigenvalue weighted by atomic mass is 16.5. The summed E-state index contributed by atoms with van der Waals surface area (Å²) in [5.74, 6) is 1.43. The first-order chi connectivity index (χ1) is 13.5. The summed E-state index contributed by atoms with van der Waals surface area (Å²) in [6, 6.07) is 12.9. The van der Waals surface area contributed by atoms with Crippen molar-refractivity contribution in [1.82, 2.24) is 5.32 Å². The summed E-state index contributed by atoms with van der Waals surface area (Å²) < 4.78 is 10.8. The van der Waals surface area contributed by atoms with E-state index in [0.717, 1.165) is 31.2 Å². The molecule has 0 unspecified atom stereocenters. The molecule has 1 aliphatic carbocycles. The van der Waals surface area contributed by atoms with Gasteiger partial charge in [-0.3, -0.25) is 9.59 Å². The Morgan fingerprint density at radius 3 is 2.36 bits per heavy atom. The lowest BCUT2D eigenvalue weighted by atomic mass is 9.79. The van der Waals surface area contributed by atoms with Gasteiger partial charge in [0.15, 0.2) is 17.3 Å². The van der Waals surface area contributed by atoms with Crippen LogP contribution in [0.4, 0.5) is 0 Å². The van der Waals surface area contributed by atoms with E-state index in [2.05, 4.69) is 5.32 Å². The SMILES string of the molecule is COc1ccc([C@H]2CCCC[C@H]2NC(=O)c2cccc(C(C)=O)c2)cc1OC. The molecule has 0 aliphatic heterocycles. The van der Waals surface area contributed by atoms with Gasteiger partial charge in [-0.2, -0.15) is 0 Å². The molecule has 3 rings (SSSR count). The Hall–Kier alpha value is -2.82.